The molecule has 6 nitrogen and oxygen atoms in total. The summed E-state index contributed by atoms with van der Waals surface area (Å²) in [6, 6.07) is 25.2. The molecular weight excluding hydrogens is 424 g/mol. The van der Waals surface area contributed by atoms with Crippen molar-refractivity contribution in [2.24, 2.45) is 0 Å². The number of carbonyl (C=O) groups is 2. The van der Waals surface area contributed by atoms with Gasteiger partial charge in [-0.15, -0.1) is 0 Å². The molecule has 2 fully saturated rings. The minimum atomic E-state index is -0.432. The zero-order chi connectivity index (χ0) is 23.4. The van der Waals surface area contributed by atoms with Crippen LogP contribution >= 0.6 is 0 Å². The number of rotatable bonds is 6. The number of nitrogens with zero attached hydrogens (tertiary/aromatic N) is 3. The van der Waals surface area contributed by atoms with Gasteiger partial charge in [-0.25, -0.2) is 0 Å². The molecule has 6 heteroatoms. The Morgan fingerprint density at radius 2 is 1.62 bits per heavy atom. The Kier molecular flexibility index (Phi) is 6.41. The van der Waals surface area contributed by atoms with E-state index in [0.717, 1.165) is 11.3 Å². The summed E-state index contributed by atoms with van der Waals surface area (Å²) in [5, 5.41) is 3.71. The van der Waals surface area contributed by atoms with Gasteiger partial charge in [-0.05, 0) is 36.2 Å². The molecule has 0 bridgehead atoms. The third-order valence-electron chi connectivity index (χ3n) is 7.02. The molecule has 1 N–H and O–H groups in total. The molecule has 5 rings (SSSR count). The van der Waals surface area contributed by atoms with Crippen molar-refractivity contribution >= 4 is 11.8 Å². The van der Waals surface area contributed by atoms with Gasteiger partial charge in [0.1, 0.15) is 0 Å². The van der Waals surface area contributed by atoms with Crippen molar-refractivity contribution in [1.82, 2.24) is 20.1 Å². The third kappa shape index (κ3) is 4.59. The lowest BCUT2D eigenvalue weighted by Gasteiger charge is -2.44. The minimum absolute atomic E-state index is 0.0562. The highest BCUT2D eigenvalue weighted by Gasteiger charge is 2.51. The van der Waals surface area contributed by atoms with E-state index in [1.165, 1.54) is 0 Å². The predicted octanol–water partition coefficient (Wildman–Crippen LogP) is 3.30. The van der Waals surface area contributed by atoms with Crippen molar-refractivity contribution in [3.05, 3.63) is 102 Å². The quantitative estimate of drug-likeness (QED) is 0.621. The van der Waals surface area contributed by atoms with Gasteiger partial charge >= 0.3 is 0 Å². The van der Waals surface area contributed by atoms with Crippen LogP contribution in [0.3, 0.4) is 0 Å². The van der Waals surface area contributed by atoms with Gasteiger partial charge in [-0.2, -0.15) is 0 Å². The molecule has 1 aromatic heterocycles. The van der Waals surface area contributed by atoms with Crippen LogP contribution in [0.4, 0.5) is 0 Å². The normalized spacial score (nSPS) is 19.5. The standard InChI is InChI=1S/C28H30N4O2/c33-26(23-11-5-2-6-12-23)31-19-15-28(16-20-31)30-25(21-22-9-3-1-4-10-22)27(34)32(28)18-14-24-13-7-8-17-29-24/h1-13,17,25,30H,14-16,18-21H2/t25-/m1/s1. The van der Waals surface area contributed by atoms with Gasteiger partial charge in [-0.1, -0.05) is 54.6 Å². The van der Waals surface area contributed by atoms with Gasteiger partial charge in [0, 0.05) is 56.4 Å². The van der Waals surface area contributed by atoms with Crippen molar-refractivity contribution < 1.29 is 9.59 Å². The number of hydrogen-bond acceptors (Lipinski definition) is 4. The summed E-state index contributed by atoms with van der Waals surface area (Å²) in [5.41, 5.74) is 2.40. The largest absolute Gasteiger partial charge is 0.338 e. The molecule has 0 radical (unpaired) electrons. The molecule has 0 aliphatic carbocycles. The van der Waals surface area contributed by atoms with E-state index in [2.05, 4.69) is 22.4 Å². The van der Waals surface area contributed by atoms with Crippen LogP contribution in [-0.2, 0) is 17.6 Å². The maximum Gasteiger partial charge on any atom is 0.253 e. The number of piperidine rings is 1. The van der Waals surface area contributed by atoms with Crippen LogP contribution in [0.15, 0.2) is 85.1 Å². The first-order valence-corrected chi connectivity index (χ1v) is 12.0. The Hall–Kier alpha value is -3.51. The number of hydrogen-bond donors (Lipinski definition) is 1. The third-order valence-corrected chi connectivity index (χ3v) is 7.02. The highest BCUT2D eigenvalue weighted by molar-refractivity contribution is 5.94. The number of likely N-dealkylation sites (tertiary alicyclic amines) is 1. The molecule has 2 aromatic carbocycles. The number of aromatic nitrogens is 1. The summed E-state index contributed by atoms with van der Waals surface area (Å²) in [4.78, 5) is 35.0. The topological polar surface area (TPSA) is 65.5 Å². The van der Waals surface area contributed by atoms with E-state index in [-0.39, 0.29) is 17.9 Å². The molecule has 2 aliphatic heterocycles. The summed E-state index contributed by atoms with van der Waals surface area (Å²) < 4.78 is 0. The smallest absolute Gasteiger partial charge is 0.253 e. The average Bonchev–Trinajstić information content (AvgIpc) is 3.14. The Balaban J connectivity index is 1.33. The van der Waals surface area contributed by atoms with Crippen LogP contribution in [0.5, 0.6) is 0 Å². The first-order valence-electron chi connectivity index (χ1n) is 12.0. The van der Waals surface area contributed by atoms with Crippen LogP contribution in [0.2, 0.25) is 0 Å². The van der Waals surface area contributed by atoms with Crippen LogP contribution in [-0.4, -0.2) is 57.9 Å². The lowest BCUT2D eigenvalue weighted by Crippen LogP contribution is -2.60. The Bertz CT molecular complexity index is 1110. The van der Waals surface area contributed by atoms with Crippen molar-refractivity contribution in [2.75, 3.05) is 19.6 Å². The van der Waals surface area contributed by atoms with E-state index in [4.69, 9.17) is 0 Å². The average molecular weight is 455 g/mol. The van der Waals surface area contributed by atoms with Crippen LogP contribution in [0, 0.1) is 0 Å². The van der Waals surface area contributed by atoms with Gasteiger partial charge in [0.25, 0.3) is 5.91 Å². The molecule has 2 saturated heterocycles. The van der Waals surface area contributed by atoms with Crippen molar-refractivity contribution in [3.63, 3.8) is 0 Å². The van der Waals surface area contributed by atoms with Crippen LogP contribution in [0.25, 0.3) is 0 Å². The van der Waals surface area contributed by atoms with Gasteiger partial charge < -0.3 is 9.80 Å². The van der Waals surface area contributed by atoms with Gasteiger partial charge in [0.05, 0.1) is 11.7 Å². The fraction of sp³-hybridized carbons (Fsp3) is 0.321. The summed E-state index contributed by atoms with van der Waals surface area (Å²) in [5.74, 6) is 0.197. The number of benzene rings is 2. The van der Waals surface area contributed by atoms with E-state index in [9.17, 15) is 9.59 Å². The number of nitrogens with one attached hydrogen (secondary N) is 1. The first kappa shape index (κ1) is 22.3. The molecule has 1 spiro atoms. The Morgan fingerprint density at radius 1 is 0.941 bits per heavy atom. The van der Waals surface area contributed by atoms with Gasteiger partial charge in [0.15, 0.2) is 0 Å². The maximum absolute atomic E-state index is 13.6. The molecule has 3 heterocycles. The van der Waals surface area contributed by atoms with Gasteiger partial charge in [0.2, 0.25) is 5.91 Å². The molecule has 1 atom stereocenters. The number of carbonyl (C=O) groups excluding carboxylic acids is 2. The lowest BCUT2D eigenvalue weighted by molar-refractivity contribution is -0.133. The van der Waals surface area contributed by atoms with Crippen molar-refractivity contribution in [3.8, 4) is 0 Å². The molecule has 34 heavy (non-hydrogen) atoms. The second-order valence-electron chi connectivity index (χ2n) is 9.14. The van der Waals surface area contributed by atoms with Crippen molar-refractivity contribution in [2.45, 2.75) is 37.4 Å². The highest BCUT2D eigenvalue weighted by Crippen LogP contribution is 2.34. The maximum atomic E-state index is 13.6. The zero-order valence-electron chi connectivity index (χ0n) is 19.3. The van der Waals surface area contributed by atoms with E-state index in [0.29, 0.717) is 50.9 Å². The van der Waals surface area contributed by atoms with E-state index in [1.54, 1.807) is 6.20 Å². The summed E-state index contributed by atoms with van der Waals surface area (Å²) in [6.45, 7) is 1.85. The fourth-order valence-electron chi connectivity index (χ4n) is 5.21. The fourth-order valence-corrected chi connectivity index (χ4v) is 5.21. The molecular formula is C28H30N4O2. The lowest BCUT2D eigenvalue weighted by atomic mass is 9.95. The summed E-state index contributed by atoms with van der Waals surface area (Å²) in [7, 11) is 0. The summed E-state index contributed by atoms with van der Waals surface area (Å²) >= 11 is 0. The van der Waals surface area contributed by atoms with E-state index in [1.807, 2.05) is 76.5 Å². The molecule has 3 aromatic rings. The molecule has 0 saturated carbocycles. The molecule has 174 valence electrons. The predicted molar refractivity (Wildman–Crippen MR) is 131 cm³/mol. The number of amides is 2. The molecule has 2 amide bonds. The highest BCUT2D eigenvalue weighted by atomic mass is 16.2. The van der Waals surface area contributed by atoms with Gasteiger partial charge in [-0.3, -0.25) is 19.9 Å². The molecule has 2 aliphatic rings. The monoisotopic (exact) mass is 454 g/mol. The van der Waals surface area contributed by atoms with E-state index >= 15 is 0 Å². The SMILES string of the molecule is O=C(c1ccccc1)N1CCC2(CC1)N[C@H](Cc1ccccc1)C(=O)N2CCc1ccccn1. The first-order chi connectivity index (χ1) is 16.6. The Labute approximate surface area is 200 Å². The Morgan fingerprint density at radius 3 is 2.29 bits per heavy atom. The van der Waals surface area contributed by atoms with Crippen molar-refractivity contribution in [1.29, 1.82) is 0 Å². The van der Waals surface area contributed by atoms with E-state index < -0.39 is 5.66 Å². The second kappa shape index (κ2) is 9.77. The summed E-state index contributed by atoms with van der Waals surface area (Å²) in [6.07, 6.45) is 4.59. The minimum Gasteiger partial charge on any atom is -0.338 e. The zero-order valence-corrected chi connectivity index (χ0v) is 19.3. The van der Waals surface area contributed by atoms with Crippen LogP contribution < -0.4 is 5.32 Å². The molecule has 0 unspecified atom stereocenters. The number of pyridine rings is 1. The second-order valence-corrected chi connectivity index (χ2v) is 9.14. The van der Waals surface area contributed by atoms with Crippen LogP contribution in [0.1, 0.15) is 34.5 Å².